The highest BCUT2D eigenvalue weighted by Crippen LogP contribution is 2.39. The highest BCUT2D eigenvalue weighted by Gasteiger charge is 2.38. The fourth-order valence-electron chi connectivity index (χ4n) is 2.32. The van der Waals surface area contributed by atoms with E-state index in [0.29, 0.717) is 5.56 Å². The molecule has 0 saturated heterocycles. The Morgan fingerprint density at radius 2 is 1.65 bits per heavy atom. The van der Waals surface area contributed by atoms with Crippen molar-refractivity contribution in [2.24, 2.45) is 0 Å². The first-order valence-corrected chi connectivity index (χ1v) is 7.05. The molecule has 1 aromatic carbocycles. The topological polar surface area (TPSA) is 102 Å². The second-order valence-corrected chi connectivity index (χ2v) is 5.72. The van der Waals surface area contributed by atoms with Crippen LogP contribution in [0.25, 0.3) is 11.3 Å². The molecule has 7 heteroatoms. The molecule has 0 unspecified atom stereocenters. The van der Waals surface area contributed by atoms with Gasteiger partial charge in [0.05, 0.1) is 5.56 Å². The van der Waals surface area contributed by atoms with Gasteiger partial charge >= 0.3 is 10.1 Å². The highest BCUT2D eigenvalue weighted by molar-refractivity contribution is 7.85. The predicted molar refractivity (Wildman–Crippen MR) is 67.4 cm³/mol. The van der Waals surface area contributed by atoms with Crippen molar-refractivity contribution in [1.29, 1.82) is 0 Å². The van der Waals surface area contributed by atoms with E-state index in [-0.39, 0.29) is 22.5 Å². The first-order chi connectivity index (χ1) is 9.32. The maximum absolute atomic E-state index is 12.1. The zero-order valence-electron chi connectivity index (χ0n) is 10.2. The average molecular weight is 292 g/mol. The maximum Gasteiger partial charge on any atom is 0.328 e. The van der Waals surface area contributed by atoms with Gasteiger partial charge in [0.25, 0.3) is 0 Å². The normalized spacial score (nSPS) is 14.1. The van der Waals surface area contributed by atoms with E-state index in [9.17, 15) is 18.0 Å². The number of ketones is 2. The minimum atomic E-state index is -4.60. The number of carbonyl (C=O) groups is 2. The lowest BCUT2D eigenvalue weighted by Gasteiger charge is -2.12. The van der Waals surface area contributed by atoms with Crippen LogP contribution in [0.5, 0.6) is 0 Å². The molecule has 1 aliphatic rings. The van der Waals surface area contributed by atoms with Gasteiger partial charge in [-0.25, -0.2) is 0 Å². The molecule has 6 nitrogen and oxygen atoms in total. The molecule has 102 valence electrons. The van der Waals surface area contributed by atoms with Crippen LogP contribution >= 0.6 is 0 Å². The zero-order valence-corrected chi connectivity index (χ0v) is 11.0. The Labute approximate surface area is 113 Å². The first-order valence-electron chi connectivity index (χ1n) is 5.61. The Bertz CT molecular complexity index is 872. The Balaban J connectivity index is 2.44. The summed E-state index contributed by atoms with van der Waals surface area (Å²) in [5, 5.41) is -0.708. The quantitative estimate of drug-likeness (QED) is 0.636. The molecule has 0 fully saturated rings. The summed E-state index contributed by atoms with van der Waals surface area (Å²) in [5.74, 6) is -1.57. The molecule has 1 aromatic heterocycles. The van der Waals surface area contributed by atoms with Gasteiger partial charge in [0.2, 0.25) is 16.7 Å². The van der Waals surface area contributed by atoms with Crippen LogP contribution in [0.1, 0.15) is 26.3 Å². The van der Waals surface area contributed by atoms with Crippen molar-refractivity contribution in [2.45, 2.75) is 12.0 Å². The number of benzene rings is 1. The first kappa shape index (κ1) is 12.8. The van der Waals surface area contributed by atoms with Gasteiger partial charge < -0.3 is 4.42 Å². The molecule has 0 saturated carbocycles. The lowest BCUT2D eigenvalue weighted by Crippen LogP contribution is -2.20. The molecule has 1 N–H and O–H groups in total. The summed E-state index contributed by atoms with van der Waals surface area (Å²) in [5.41, 5.74) is 0.322. The standard InChI is InChI=1S/C13H8O6S/c1-6-9-11(15)10(14)7-4-2-3-5-8(7)12(9)19-13(6)20(16,17)18/h2-5H,1H3,(H,16,17,18). The van der Waals surface area contributed by atoms with E-state index in [1.54, 1.807) is 18.2 Å². The van der Waals surface area contributed by atoms with Crippen molar-refractivity contribution in [3.05, 3.63) is 41.0 Å². The molecule has 0 aliphatic heterocycles. The third-order valence-corrected chi connectivity index (χ3v) is 4.04. The number of Topliss-reactive ketones (excluding diaryl/α,β-unsaturated/α-hetero) is 2. The van der Waals surface area contributed by atoms with Gasteiger partial charge in [0.1, 0.15) is 5.76 Å². The molecule has 1 heterocycles. The van der Waals surface area contributed by atoms with Gasteiger partial charge in [-0.1, -0.05) is 24.3 Å². The van der Waals surface area contributed by atoms with Crippen LogP contribution in [0.3, 0.4) is 0 Å². The minimum Gasteiger partial charge on any atom is -0.441 e. The minimum absolute atomic E-state index is 0.00433. The summed E-state index contributed by atoms with van der Waals surface area (Å²) in [6.45, 7) is 1.31. The van der Waals surface area contributed by atoms with Crippen LogP contribution in [0.4, 0.5) is 0 Å². The van der Waals surface area contributed by atoms with Gasteiger partial charge in [0, 0.05) is 16.7 Å². The van der Waals surface area contributed by atoms with Crippen LogP contribution < -0.4 is 0 Å². The summed E-state index contributed by atoms with van der Waals surface area (Å²) < 4.78 is 36.7. The molecule has 3 rings (SSSR count). The number of hydrogen-bond acceptors (Lipinski definition) is 5. The lowest BCUT2D eigenvalue weighted by atomic mass is 9.87. The van der Waals surface area contributed by atoms with Crippen LogP contribution in [0, 0.1) is 6.92 Å². The van der Waals surface area contributed by atoms with Crippen molar-refractivity contribution in [3.63, 3.8) is 0 Å². The van der Waals surface area contributed by atoms with E-state index >= 15 is 0 Å². The monoisotopic (exact) mass is 292 g/mol. The Kier molecular flexibility index (Phi) is 2.47. The van der Waals surface area contributed by atoms with E-state index < -0.39 is 26.8 Å². The zero-order chi connectivity index (χ0) is 14.7. The lowest BCUT2D eigenvalue weighted by molar-refractivity contribution is 0.0814. The number of hydrogen-bond donors (Lipinski definition) is 1. The summed E-state index contributed by atoms with van der Waals surface area (Å²) in [4.78, 5) is 24.0. The Morgan fingerprint density at radius 3 is 2.25 bits per heavy atom. The molecule has 0 radical (unpaired) electrons. The molecule has 1 aliphatic carbocycles. The van der Waals surface area contributed by atoms with Crippen LogP contribution in [-0.4, -0.2) is 24.5 Å². The van der Waals surface area contributed by atoms with Crippen molar-refractivity contribution in [1.82, 2.24) is 0 Å². The Hall–Kier alpha value is -2.25. The number of furan rings is 1. The summed E-state index contributed by atoms with van der Waals surface area (Å²) in [6, 6.07) is 6.24. The Morgan fingerprint density at radius 1 is 1.05 bits per heavy atom. The van der Waals surface area contributed by atoms with E-state index in [4.69, 9.17) is 8.97 Å². The highest BCUT2D eigenvalue weighted by atomic mass is 32.2. The third-order valence-electron chi connectivity index (χ3n) is 3.19. The largest absolute Gasteiger partial charge is 0.441 e. The molecular formula is C13H8O6S. The van der Waals surface area contributed by atoms with Gasteiger partial charge in [-0.2, -0.15) is 8.42 Å². The van der Waals surface area contributed by atoms with Crippen molar-refractivity contribution in [3.8, 4) is 11.3 Å². The number of fused-ring (bicyclic) bond motifs is 3. The average Bonchev–Trinajstić information content (AvgIpc) is 2.74. The molecule has 0 amide bonds. The van der Waals surface area contributed by atoms with E-state index in [1.807, 2.05) is 0 Å². The second-order valence-electron chi connectivity index (χ2n) is 4.40. The van der Waals surface area contributed by atoms with Crippen LogP contribution in [0.15, 0.2) is 33.8 Å². The molecule has 2 aromatic rings. The van der Waals surface area contributed by atoms with E-state index in [1.165, 1.54) is 13.0 Å². The van der Waals surface area contributed by atoms with E-state index in [2.05, 4.69) is 0 Å². The van der Waals surface area contributed by atoms with Gasteiger partial charge in [-0.3, -0.25) is 14.1 Å². The molecule has 0 spiro atoms. The van der Waals surface area contributed by atoms with E-state index in [0.717, 1.165) is 0 Å². The predicted octanol–water partition coefficient (Wildman–Crippen LogP) is 1.88. The second kappa shape index (κ2) is 3.87. The van der Waals surface area contributed by atoms with Gasteiger partial charge in [-0.05, 0) is 6.92 Å². The summed E-state index contributed by atoms with van der Waals surface area (Å²) in [6.07, 6.45) is 0. The number of carbonyl (C=O) groups excluding carboxylic acids is 2. The summed E-state index contributed by atoms with van der Waals surface area (Å²) in [7, 11) is -4.60. The number of rotatable bonds is 1. The molecular weight excluding hydrogens is 284 g/mol. The van der Waals surface area contributed by atoms with Gasteiger partial charge in [0.15, 0.2) is 0 Å². The molecule has 0 atom stereocenters. The fourth-order valence-corrected chi connectivity index (χ4v) is 2.99. The molecule has 0 bridgehead atoms. The van der Waals surface area contributed by atoms with Crippen molar-refractivity contribution < 1.29 is 27.0 Å². The van der Waals surface area contributed by atoms with Gasteiger partial charge in [-0.15, -0.1) is 0 Å². The SMILES string of the molecule is Cc1c(S(=O)(=O)O)oc2c1C(=O)C(=O)c1ccccc1-2. The van der Waals surface area contributed by atoms with Crippen LogP contribution in [0.2, 0.25) is 0 Å². The summed E-state index contributed by atoms with van der Waals surface area (Å²) >= 11 is 0. The van der Waals surface area contributed by atoms with Crippen LogP contribution in [-0.2, 0) is 10.1 Å². The van der Waals surface area contributed by atoms with Crippen molar-refractivity contribution in [2.75, 3.05) is 0 Å². The third kappa shape index (κ3) is 1.57. The molecule has 20 heavy (non-hydrogen) atoms. The fraction of sp³-hybridized carbons (Fsp3) is 0.0769. The maximum atomic E-state index is 12.1. The van der Waals surface area contributed by atoms with Crippen molar-refractivity contribution >= 4 is 21.7 Å². The smallest absolute Gasteiger partial charge is 0.328 e.